The molecule has 6 heteroatoms. The number of anilines is 1. The number of hydrogen-bond acceptors (Lipinski definition) is 4. The van der Waals surface area contributed by atoms with Crippen LogP contribution in [-0.4, -0.2) is 47.0 Å². The quantitative estimate of drug-likeness (QED) is 0.645. The molecule has 1 aromatic carbocycles. The third kappa shape index (κ3) is 3.42. The van der Waals surface area contributed by atoms with Crippen molar-refractivity contribution < 1.29 is 4.79 Å². The summed E-state index contributed by atoms with van der Waals surface area (Å²) in [4.78, 5) is 26.0. The molecule has 1 aliphatic rings. The number of carbonyl (C=O) groups excluding carboxylic acids is 1. The van der Waals surface area contributed by atoms with Crippen molar-refractivity contribution in [2.24, 2.45) is 0 Å². The van der Waals surface area contributed by atoms with E-state index in [2.05, 4.69) is 30.8 Å². The number of rotatable bonds is 2. The van der Waals surface area contributed by atoms with Gasteiger partial charge in [0.1, 0.15) is 5.52 Å². The second kappa shape index (κ2) is 7.41. The highest BCUT2D eigenvalue weighted by Crippen LogP contribution is 2.26. The summed E-state index contributed by atoms with van der Waals surface area (Å²) in [7, 11) is 0. The smallest absolute Gasteiger partial charge is 0.253 e. The predicted octanol–water partition coefficient (Wildman–Crippen LogP) is 3.74. The highest BCUT2D eigenvalue weighted by Gasteiger charge is 2.21. The Hall–Kier alpha value is -2.47. The van der Waals surface area contributed by atoms with Crippen LogP contribution in [0.15, 0.2) is 59.3 Å². The normalized spacial score (nSPS) is 15.1. The largest absolute Gasteiger partial charge is 0.368 e. The number of pyridine rings is 2. The number of halogens is 1. The average molecular weight is 411 g/mol. The van der Waals surface area contributed by atoms with Gasteiger partial charge in [0.2, 0.25) is 0 Å². The van der Waals surface area contributed by atoms with Gasteiger partial charge in [0.15, 0.2) is 0 Å². The molecule has 5 nitrogen and oxygen atoms in total. The lowest BCUT2D eigenvalue weighted by Crippen LogP contribution is -2.35. The summed E-state index contributed by atoms with van der Waals surface area (Å²) in [6.07, 6.45) is 4.55. The van der Waals surface area contributed by atoms with Crippen molar-refractivity contribution in [3.8, 4) is 0 Å². The number of aromatic nitrogens is 2. The van der Waals surface area contributed by atoms with Crippen LogP contribution in [0.5, 0.6) is 0 Å². The first kappa shape index (κ1) is 17.0. The van der Waals surface area contributed by atoms with Crippen LogP contribution in [0.1, 0.15) is 16.8 Å². The molecule has 26 heavy (non-hydrogen) atoms. The zero-order valence-electron chi connectivity index (χ0n) is 14.3. The minimum absolute atomic E-state index is 0.106. The summed E-state index contributed by atoms with van der Waals surface area (Å²) in [5.74, 6) is 0.106. The Kier molecular flexibility index (Phi) is 4.84. The monoisotopic (exact) mass is 410 g/mol. The van der Waals surface area contributed by atoms with Gasteiger partial charge in [-0.05, 0) is 46.6 Å². The van der Waals surface area contributed by atoms with E-state index in [1.54, 1.807) is 6.20 Å². The zero-order chi connectivity index (χ0) is 17.9. The molecule has 2 aromatic heterocycles. The molecule has 3 aromatic rings. The molecule has 0 N–H and O–H groups in total. The highest BCUT2D eigenvalue weighted by molar-refractivity contribution is 9.10. The van der Waals surface area contributed by atoms with E-state index < -0.39 is 0 Å². The number of fused-ring (bicyclic) bond motifs is 1. The fourth-order valence-electron chi connectivity index (χ4n) is 3.37. The van der Waals surface area contributed by atoms with Gasteiger partial charge in [0.25, 0.3) is 5.91 Å². The molecule has 0 saturated carbocycles. The van der Waals surface area contributed by atoms with E-state index in [1.807, 2.05) is 53.6 Å². The number of benzene rings is 1. The lowest BCUT2D eigenvalue weighted by molar-refractivity contribution is 0.0767. The van der Waals surface area contributed by atoms with Crippen LogP contribution < -0.4 is 4.90 Å². The lowest BCUT2D eigenvalue weighted by atomic mass is 10.2. The van der Waals surface area contributed by atoms with Gasteiger partial charge < -0.3 is 9.80 Å². The Morgan fingerprint density at radius 2 is 1.85 bits per heavy atom. The summed E-state index contributed by atoms with van der Waals surface area (Å²) in [6.45, 7) is 3.16. The molecule has 1 fully saturated rings. The first-order valence-electron chi connectivity index (χ1n) is 8.72. The van der Waals surface area contributed by atoms with Gasteiger partial charge in [-0.1, -0.05) is 18.2 Å². The molecule has 1 saturated heterocycles. The second-order valence-electron chi connectivity index (χ2n) is 6.35. The second-order valence-corrected chi connectivity index (χ2v) is 7.27. The molecule has 3 heterocycles. The Morgan fingerprint density at radius 1 is 1.00 bits per heavy atom. The van der Waals surface area contributed by atoms with Gasteiger partial charge in [-0.15, -0.1) is 0 Å². The fourth-order valence-corrected chi connectivity index (χ4v) is 3.69. The standard InChI is InChI=1S/C20H19BrN4O/c21-16-13-17-19(23-14-16)18(7-8-22-17)24-9-4-10-25(12-11-24)20(26)15-5-2-1-3-6-15/h1-3,5-8,13-14H,4,9-12H2. The maximum Gasteiger partial charge on any atom is 0.253 e. The van der Waals surface area contributed by atoms with Crippen LogP contribution in [-0.2, 0) is 0 Å². The van der Waals surface area contributed by atoms with Crippen molar-refractivity contribution in [1.29, 1.82) is 0 Å². The topological polar surface area (TPSA) is 49.3 Å². The minimum atomic E-state index is 0.106. The summed E-state index contributed by atoms with van der Waals surface area (Å²) in [6, 6.07) is 13.5. The van der Waals surface area contributed by atoms with Crippen molar-refractivity contribution in [3.63, 3.8) is 0 Å². The minimum Gasteiger partial charge on any atom is -0.368 e. The van der Waals surface area contributed by atoms with E-state index in [4.69, 9.17) is 0 Å². The highest BCUT2D eigenvalue weighted by atomic mass is 79.9. The zero-order valence-corrected chi connectivity index (χ0v) is 15.9. The average Bonchev–Trinajstić information content (AvgIpc) is 2.93. The molecule has 0 spiro atoms. The van der Waals surface area contributed by atoms with E-state index in [9.17, 15) is 4.79 Å². The Balaban J connectivity index is 1.55. The van der Waals surface area contributed by atoms with Crippen LogP contribution in [0.25, 0.3) is 11.0 Å². The first-order valence-corrected chi connectivity index (χ1v) is 9.51. The van der Waals surface area contributed by atoms with Crippen molar-refractivity contribution in [3.05, 3.63) is 64.9 Å². The molecule has 1 amide bonds. The van der Waals surface area contributed by atoms with Crippen LogP contribution in [0.2, 0.25) is 0 Å². The van der Waals surface area contributed by atoms with Crippen LogP contribution in [0.4, 0.5) is 5.69 Å². The number of nitrogens with zero attached hydrogens (tertiary/aromatic N) is 4. The van der Waals surface area contributed by atoms with Gasteiger partial charge in [-0.25, -0.2) is 0 Å². The van der Waals surface area contributed by atoms with Gasteiger partial charge >= 0.3 is 0 Å². The van der Waals surface area contributed by atoms with E-state index in [0.717, 1.165) is 52.8 Å². The van der Waals surface area contributed by atoms with Gasteiger partial charge in [-0.3, -0.25) is 14.8 Å². The fraction of sp³-hybridized carbons (Fsp3) is 0.250. The van der Waals surface area contributed by atoms with Crippen molar-refractivity contribution >= 4 is 38.6 Å². The van der Waals surface area contributed by atoms with E-state index in [0.29, 0.717) is 6.54 Å². The van der Waals surface area contributed by atoms with Crippen LogP contribution in [0.3, 0.4) is 0 Å². The van der Waals surface area contributed by atoms with Crippen molar-refractivity contribution in [2.75, 3.05) is 31.1 Å². The Labute approximate surface area is 160 Å². The SMILES string of the molecule is O=C(c1ccccc1)N1CCCN(c2ccnc3cc(Br)cnc23)CC1. The summed E-state index contributed by atoms with van der Waals surface area (Å²) in [5.41, 5.74) is 3.61. The number of amides is 1. The van der Waals surface area contributed by atoms with Crippen LogP contribution in [0, 0.1) is 0 Å². The summed E-state index contributed by atoms with van der Waals surface area (Å²) in [5, 5.41) is 0. The first-order chi connectivity index (χ1) is 12.7. The number of hydrogen-bond donors (Lipinski definition) is 0. The van der Waals surface area contributed by atoms with Crippen molar-refractivity contribution in [2.45, 2.75) is 6.42 Å². The molecule has 132 valence electrons. The molecule has 0 radical (unpaired) electrons. The molecule has 4 rings (SSSR count). The van der Waals surface area contributed by atoms with Gasteiger partial charge in [-0.2, -0.15) is 0 Å². The van der Waals surface area contributed by atoms with Gasteiger partial charge in [0.05, 0.1) is 11.2 Å². The molecule has 0 unspecified atom stereocenters. The Bertz CT molecular complexity index is 932. The van der Waals surface area contributed by atoms with E-state index in [-0.39, 0.29) is 5.91 Å². The summed E-state index contributed by atoms with van der Waals surface area (Å²) >= 11 is 3.45. The molecule has 0 aliphatic carbocycles. The molecular formula is C20H19BrN4O. The number of carbonyl (C=O) groups is 1. The van der Waals surface area contributed by atoms with Crippen LogP contribution >= 0.6 is 15.9 Å². The van der Waals surface area contributed by atoms with E-state index >= 15 is 0 Å². The van der Waals surface area contributed by atoms with Crippen molar-refractivity contribution in [1.82, 2.24) is 14.9 Å². The summed E-state index contributed by atoms with van der Waals surface area (Å²) < 4.78 is 0.921. The van der Waals surface area contributed by atoms with Gasteiger partial charge in [0, 0.05) is 48.6 Å². The Morgan fingerprint density at radius 3 is 2.69 bits per heavy atom. The maximum absolute atomic E-state index is 12.7. The molecule has 1 aliphatic heterocycles. The molecule has 0 atom stereocenters. The molecule has 0 bridgehead atoms. The third-order valence-electron chi connectivity index (χ3n) is 4.67. The van der Waals surface area contributed by atoms with E-state index in [1.165, 1.54) is 0 Å². The molecular weight excluding hydrogens is 392 g/mol. The lowest BCUT2D eigenvalue weighted by Gasteiger charge is -2.24. The maximum atomic E-state index is 12.7. The third-order valence-corrected chi connectivity index (χ3v) is 5.10. The predicted molar refractivity (Wildman–Crippen MR) is 106 cm³/mol.